The molecule has 1 heterocycles. The third-order valence-electron chi connectivity index (χ3n) is 4.37. The monoisotopic (exact) mass is 402 g/mol. The van der Waals surface area contributed by atoms with Gasteiger partial charge in [-0.15, -0.1) is 0 Å². The molecule has 0 amide bonds. The van der Waals surface area contributed by atoms with Gasteiger partial charge in [0.25, 0.3) is 0 Å². The van der Waals surface area contributed by atoms with Gasteiger partial charge in [-0.1, -0.05) is 44.5 Å². The second-order valence-electron chi connectivity index (χ2n) is 7.40. The molecule has 142 valence electrons. The molecule has 3 aromatic rings. The van der Waals surface area contributed by atoms with E-state index in [1.54, 1.807) is 25.3 Å². The molecule has 0 saturated heterocycles. The number of rotatable bonds is 4. The summed E-state index contributed by atoms with van der Waals surface area (Å²) in [5, 5.41) is 1.09. The second kappa shape index (κ2) is 7.49. The summed E-state index contributed by atoms with van der Waals surface area (Å²) in [5.41, 5.74) is 2.74. The van der Waals surface area contributed by atoms with Gasteiger partial charge in [-0.2, -0.15) is 0 Å². The van der Waals surface area contributed by atoms with Crippen molar-refractivity contribution in [2.75, 3.05) is 7.11 Å². The number of H-pyrrole nitrogens is 1. The third kappa shape index (κ3) is 4.09. The summed E-state index contributed by atoms with van der Waals surface area (Å²) in [6.45, 7) is 8.33. The molecule has 0 aliphatic rings. The lowest BCUT2D eigenvalue weighted by Gasteiger charge is -2.18. The van der Waals surface area contributed by atoms with E-state index < -0.39 is 10.8 Å². The first kappa shape index (κ1) is 19.6. The molecular weight excluding hydrogens is 380 g/mol. The highest BCUT2D eigenvalue weighted by atomic mass is 35.5. The Morgan fingerprint density at radius 2 is 1.78 bits per heavy atom. The van der Waals surface area contributed by atoms with Crippen LogP contribution in [0.25, 0.3) is 11.4 Å². The van der Waals surface area contributed by atoms with Crippen molar-refractivity contribution in [1.82, 2.24) is 9.97 Å². The lowest BCUT2D eigenvalue weighted by atomic mass is 9.87. The van der Waals surface area contributed by atoms with Crippen LogP contribution < -0.4 is 4.74 Å². The van der Waals surface area contributed by atoms with Gasteiger partial charge < -0.3 is 9.72 Å². The van der Waals surface area contributed by atoms with Gasteiger partial charge in [0.15, 0.2) is 5.03 Å². The summed E-state index contributed by atoms with van der Waals surface area (Å²) >= 11 is 6.12. The molecular formula is C21H23ClN2O2S. The Balaban J connectivity index is 1.97. The number of methoxy groups -OCH3 is 1. The average molecular weight is 403 g/mol. The van der Waals surface area contributed by atoms with Crippen molar-refractivity contribution >= 4 is 22.4 Å². The van der Waals surface area contributed by atoms with Crippen LogP contribution in [0.2, 0.25) is 5.02 Å². The lowest BCUT2D eigenvalue weighted by molar-refractivity contribution is 0.416. The number of nitrogens with one attached hydrogen (secondary N) is 1. The minimum atomic E-state index is -1.38. The minimum absolute atomic E-state index is 0.0541. The number of ether oxygens (including phenoxy) is 1. The molecule has 0 radical (unpaired) electrons. The van der Waals surface area contributed by atoms with Crippen LogP contribution in [0.3, 0.4) is 0 Å². The van der Waals surface area contributed by atoms with Gasteiger partial charge in [-0.05, 0) is 48.2 Å². The first-order valence-electron chi connectivity index (χ1n) is 8.63. The summed E-state index contributed by atoms with van der Waals surface area (Å²) in [7, 11) is 0.219. The standard InChI is InChI=1S/C21H23ClN2O2S/c1-13-20(27(25)16-9-6-14(7-10-16)21(2,3)4)24-19(23-13)17-12-15(22)8-11-18(17)26-5/h6-12H,1-5H3,(H,23,24). The number of aryl methyl sites for hydroxylation is 1. The molecule has 4 nitrogen and oxygen atoms in total. The Hall–Kier alpha value is -2.11. The highest BCUT2D eigenvalue weighted by Gasteiger charge is 2.19. The predicted molar refractivity (Wildman–Crippen MR) is 110 cm³/mol. The number of hydrogen-bond acceptors (Lipinski definition) is 3. The van der Waals surface area contributed by atoms with Crippen molar-refractivity contribution in [2.24, 2.45) is 0 Å². The summed E-state index contributed by atoms with van der Waals surface area (Å²) < 4.78 is 18.5. The maximum atomic E-state index is 13.1. The molecule has 1 aromatic heterocycles. The van der Waals surface area contributed by atoms with Gasteiger partial charge in [0.2, 0.25) is 0 Å². The van der Waals surface area contributed by atoms with Crippen LogP contribution in [-0.4, -0.2) is 21.3 Å². The molecule has 0 saturated carbocycles. The summed E-state index contributed by atoms with van der Waals surface area (Å²) in [5.74, 6) is 1.24. The van der Waals surface area contributed by atoms with Crippen molar-refractivity contribution in [3.05, 3.63) is 58.7 Å². The highest BCUT2D eigenvalue weighted by Crippen LogP contribution is 2.32. The van der Waals surface area contributed by atoms with Crippen molar-refractivity contribution in [3.8, 4) is 17.1 Å². The fraction of sp³-hybridized carbons (Fsp3) is 0.286. The molecule has 3 rings (SSSR count). The average Bonchev–Trinajstić information content (AvgIpc) is 3.02. The molecule has 6 heteroatoms. The Morgan fingerprint density at radius 3 is 2.37 bits per heavy atom. The van der Waals surface area contributed by atoms with E-state index >= 15 is 0 Å². The van der Waals surface area contributed by atoms with Crippen molar-refractivity contribution in [1.29, 1.82) is 0 Å². The van der Waals surface area contributed by atoms with E-state index in [0.29, 0.717) is 21.6 Å². The van der Waals surface area contributed by atoms with Crippen LogP contribution in [0.4, 0.5) is 0 Å². The Kier molecular flexibility index (Phi) is 5.45. The van der Waals surface area contributed by atoms with Crippen LogP contribution in [0.1, 0.15) is 32.0 Å². The minimum Gasteiger partial charge on any atom is -0.496 e. The molecule has 1 N–H and O–H groups in total. The summed E-state index contributed by atoms with van der Waals surface area (Å²) in [4.78, 5) is 8.51. The van der Waals surface area contributed by atoms with Crippen molar-refractivity contribution < 1.29 is 8.95 Å². The molecule has 0 fully saturated rings. The molecule has 0 aliphatic heterocycles. The molecule has 1 atom stereocenters. The Labute approximate surface area is 167 Å². The van der Waals surface area contributed by atoms with E-state index in [9.17, 15) is 4.21 Å². The maximum Gasteiger partial charge on any atom is 0.153 e. The van der Waals surface area contributed by atoms with E-state index in [1.165, 1.54) is 5.56 Å². The highest BCUT2D eigenvalue weighted by molar-refractivity contribution is 7.85. The zero-order valence-corrected chi connectivity index (χ0v) is 17.7. The summed E-state index contributed by atoms with van der Waals surface area (Å²) in [6, 6.07) is 13.2. The normalized spacial score (nSPS) is 12.8. The number of imidazole rings is 1. The van der Waals surface area contributed by atoms with Gasteiger partial charge in [-0.25, -0.2) is 9.19 Å². The fourth-order valence-corrected chi connectivity index (χ4v) is 4.09. The lowest BCUT2D eigenvalue weighted by Crippen LogP contribution is -2.10. The van der Waals surface area contributed by atoms with Gasteiger partial charge in [0.05, 0.1) is 12.7 Å². The number of nitrogens with zero attached hydrogens (tertiary/aromatic N) is 1. The van der Waals surface area contributed by atoms with Crippen molar-refractivity contribution in [3.63, 3.8) is 0 Å². The topological polar surface area (TPSA) is 55.0 Å². The van der Waals surface area contributed by atoms with Crippen molar-refractivity contribution in [2.45, 2.75) is 43.0 Å². The first-order chi connectivity index (χ1) is 12.7. The molecule has 0 bridgehead atoms. The Morgan fingerprint density at radius 1 is 1.11 bits per heavy atom. The van der Waals surface area contributed by atoms with E-state index in [0.717, 1.165) is 16.2 Å². The zero-order valence-electron chi connectivity index (χ0n) is 16.1. The van der Waals surface area contributed by atoms with Gasteiger partial charge >= 0.3 is 0 Å². The molecule has 1 unspecified atom stereocenters. The quantitative estimate of drug-likeness (QED) is 0.625. The number of aromatic amines is 1. The SMILES string of the molecule is COc1ccc(Cl)cc1-c1nc(S(=O)c2ccc(C(C)(C)C)cc2)c(C)[nH]1. The molecule has 27 heavy (non-hydrogen) atoms. The zero-order chi connectivity index (χ0) is 19.8. The van der Waals surface area contributed by atoms with Crippen LogP contribution in [-0.2, 0) is 16.2 Å². The van der Waals surface area contributed by atoms with Gasteiger partial charge in [0.1, 0.15) is 22.4 Å². The maximum absolute atomic E-state index is 13.1. The van der Waals surface area contributed by atoms with Crippen LogP contribution in [0, 0.1) is 6.92 Å². The van der Waals surface area contributed by atoms with E-state index in [-0.39, 0.29) is 5.41 Å². The molecule has 2 aromatic carbocycles. The number of benzene rings is 2. The largest absolute Gasteiger partial charge is 0.496 e. The number of aromatic nitrogens is 2. The van der Waals surface area contributed by atoms with Crippen LogP contribution in [0.5, 0.6) is 5.75 Å². The van der Waals surface area contributed by atoms with Gasteiger partial charge in [0, 0.05) is 15.6 Å². The predicted octanol–water partition coefficient (Wildman–Crippen LogP) is 5.51. The second-order valence-corrected chi connectivity index (χ2v) is 9.24. The molecule has 0 spiro atoms. The van der Waals surface area contributed by atoms with Gasteiger partial charge in [-0.3, -0.25) is 0 Å². The van der Waals surface area contributed by atoms with E-state index in [1.807, 2.05) is 31.2 Å². The fourth-order valence-electron chi connectivity index (χ4n) is 2.81. The molecule has 0 aliphatic carbocycles. The summed E-state index contributed by atoms with van der Waals surface area (Å²) in [6.07, 6.45) is 0. The number of halogens is 1. The number of hydrogen-bond donors (Lipinski definition) is 1. The Bertz CT molecular complexity index is 988. The van der Waals surface area contributed by atoms with Crippen LogP contribution >= 0.6 is 11.6 Å². The van der Waals surface area contributed by atoms with E-state index in [2.05, 4.69) is 30.7 Å². The van der Waals surface area contributed by atoms with E-state index in [4.69, 9.17) is 16.3 Å². The first-order valence-corrected chi connectivity index (χ1v) is 10.2. The van der Waals surface area contributed by atoms with Crippen LogP contribution in [0.15, 0.2) is 52.4 Å². The smallest absolute Gasteiger partial charge is 0.153 e. The third-order valence-corrected chi connectivity index (χ3v) is 6.05.